The van der Waals surface area contributed by atoms with E-state index < -0.39 is 148 Å². The van der Waals surface area contributed by atoms with Crippen LogP contribution in [0.5, 0.6) is 0 Å². The van der Waals surface area contributed by atoms with Crippen LogP contribution in [-0.4, -0.2) is 228 Å². The average Bonchev–Trinajstić information content (AvgIpc) is 3.84. The minimum Gasteiger partial charge on any atom is -0.494 e. The molecule has 72 heavy (non-hydrogen) atoms. The smallest absolute Gasteiger partial charge is 0.187 e. The summed E-state index contributed by atoms with van der Waals surface area (Å²) in [6.07, 6.45) is -22.6. The summed E-state index contributed by atoms with van der Waals surface area (Å²) < 4.78 is 54.4. The quantitative estimate of drug-likeness (QED) is 0.0798. The highest BCUT2D eigenvalue weighted by molar-refractivity contribution is 5.31. The maximum Gasteiger partial charge on any atom is 0.187 e. The Balaban J connectivity index is 0.869. The number of fused-ring (bicyclic) bond motifs is 7. The summed E-state index contributed by atoms with van der Waals surface area (Å²) in [5.74, 6) is 1.80. The second kappa shape index (κ2) is 21.5. The lowest BCUT2D eigenvalue weighted by Crippen LogP contribution is -2.65. The lowest BCUT2D eigenvalue weighted by Gasteiger charge is -2.60. The molecule has 7 fully saturated rings. The van der Waals surface area contributed by atoms with Gasteiger partial charge in [-0.3, -0.25) is 0 Å². The zero-order valence-electron chi connectivity index (χ0n) is 41.3. The van der Waals surface area contributed by atoms with E-state index in [2.05, 4.69) is 33.4 Å². The van der Waals surface area contributed by atoms with E-state index in [0.717, 1.165) is 42.6 Å². The number of ether oxygens (including phenoxy) is 9. The summed E-state index contributed by atoms with van der Waals surface area (Å²) >= 11 is 0. The van der Waals surface area contributed by atoms with Crippen molar-refractivity contribution in [3.05, 3.63) is 35.1 Å². The van der Waals surface area contributed by atoms with E-state index in [0.29, 0.717) is 25.2 Å². The number of aliphatic hydroxyl groups excluding tert-OH is 13. The standard InChI is InChI=1S/C50H78O22/c1-19(17-64-45-40(61)38(59)36(57)30(15-51)68-45)6-9-28-20(2)33-29(67-28)14-26-24-8-7-22-12-23(53)13-32(50(22,5)25(24)10-11-49(26,33)4)70-48-44(35(56)27(54)18-65-48)72-47-42(63)43(34(55)21(3)66-47)71-46-41(62)39(60)37(58)31(16-52)69-46/h7,21,23-27,29-48,51-63H,1,6,8-18H2,2-5H3/t21-,23+,24+,25-,26-,27-,29-,30+,31+,32+,33-,34-,35-,36+,37+,38-,39-,40+,41+,42+,43+,44+,45+,46-,47-,48-,49-,50-/m0/s1. The average molecular weight is 1030 g/mol. The Hall–Kier alpha value is -1.82. The molecule has 9 rings (SSSR count). The number of allylic oxidation sites excluding steroid dienone is 2. The van der Waals surface area contributed by atoms with Gasteiger partial charge in [-0.2, -0.15) is 0 Å². The van der Waals surface area contributed by atoms with E-state index in [1.54, 1.807) is 0 Å². The van der Waals surface area contributed by atoms with Crippen molar-refractivity contribution < 1.29 is 109 Å². The van der Waals surface area contributed by atoms with Crippen molar-refractivity contribution in [2.45, 2.75) is 214 Å². The molecular weight excluding hydrogens is 953 g/mol. The van der Waals surface area contributed by atoms with Gasteiger partial charge in [-0.1, -0.05) is 37.6 Å². The Morgan fingerprint density at radius 1 is 0.722 bits per heavy atom. The summed E-state index contributed by atoms with van der Waals surface area (Å²) in [6.45, 7) is 10.8. The summed E-state index contributed by atoms with van der Waals surface area (Å²) in [4.78, 5) is 0. The van der Waals surface area contributed by atoms with E-state index in [-0.39, 0.29) is 48.9 Å². The Kier molecular flexibility index (Phi) is 16.4. The first-order chi connectivity index (χ1) is 34.1. The summed E-state index contributed by atoms with van der Waals surface area (Å²) in [6, 6.07) is 0. The highest BCUT2D eigenvalue weighted by Gasteiger charge is 2.66. The minimum atomic E-state index is -1.84. The Bertz CT molecular complexity index is 1970. The predicted octanol–water partition coefficient (Wildman–Crippen LogP) is -2.53. The van der Waals surface area contributed by atoms with Crippen LogP contribution in [0.15, 0.2) is 35.1 Å². The van der Waals surface area contributed by atoms with Crippen LogP contribution in [-0.2, 0) is 42.6 Å². The molecule has 22 heteroatoms. The van der Waals surface area contributed by atoms with Crippen LogP contribution in [0.25, 0.3) is 0 Å². The molecule has 0 unspecified atom stereocenters. The van der Waals surface area contributed by atoms with Gasteiger partial charge in [0.2, 0.25) is 0 Å². The molecular formula is C50H78O22. The van der Waals surface area contributed by atoms with Crippen LogP contribution in [0, 0.1) is 34.5 Å². The first kappa shape index (κ1) is 55.0. The molecule has 0 aromatic rings. The second-order valence-electron chi connectivity index (χ2n) is 22.5. The molecule has 13 N–H and O–H groups in total. The van der Waals surface area contributed by atoms with E-state index in [9.17, 15) is 66.4 Å². The molecule has 0 spiro atoms. The van der Waals surface area contributed by atoms with Crippen LogP contribution in [0.3, 0.4) is 0 Å². The molecule has 0 amide bonds. The molecule has 28 atom stereocenters. The van der Waals surface area contributed by atoms with Crippen LogP contribution in [0.2, 0.25) is 0 Å². The van der Waals surface area contributed by atoms with Gasteiger partial charge in [0, 0.05) is 24.2 Å². The number of hydrogen-bond donors (Lipinski definition) is 13. The number of hydrogen-bond acceptors (Lipinski definition) is 22. The third kappa shape index (κ3) is 9.69. The molecule has 410 valence electrons. The van der Waals surface area contributed by atoms with Crippen molar-refractivity contribution in [3.8, 4) is 0 Å². The molecule has 4 saturated heterocycles. The summed E-state index contributed by atoms with van der Waals surface area (Å²) in [5, 5.41) is 138. The van der Waals surface area contributed by atoms with E-state index >= 15 is 0 Å². The van der Waals surface area contributed by atoms with Gasteiger partial charge in [-0.15, -0.1) is 0 Å². The van der Waals surface area contributed by atoms with Gasteiger partial charge in [0.25, 0.3) is 0 Å². The Labute approximate surface area is 418 Å². The maximum absolute atomic E-state index is 11.6. The van der Waals surface area contributed by atoms with Crippen LogP contribution in [0.1, 0.15) is 79.1 Å². The van der Waals surface area contributed by atoms with Crippen molar-refractivity contribution in [1.29, 1.82) is 0 Å². The summed E-state index contributed by atoms with van der Waals surface area (Å²) in [5.41, 5.74) is 2.35. The topological polar surface area (TPSA) is 346 Å². The van der Waals surface area contributed by atoms with Gasteiger partial charge in [0.1, 0.15) is 91.6 Å². The van der Waals surface area contributed by atoms with Crippen molar-refractivity contribution >= 4 is 0 Å². The fraction of sp³-hybridized carbons (Fsp3) is 0.880. The largest absolute Gasteiger partial charge is 0.494 e. The van der Waals surface area contributed by atoms with Gasteiger partial charge in [0.15, 0.2) is 25.2 Å². The van der Waals surface area contributed by atoms with Crippen LogP contribution < -0.4 is 0 Å². The molecule has 0 radical (unpaired) electrons. The summed E-state index contributed by atoms with van der Waals surface area (Å²) in [7, 11) is 0. The van der Waals surface area contributed by atoms with Crippen molar-refractivity contribution in [2.75, 3.05) is 26.4 Å². The molecule has 22 nitrogen and oxygen atoms in total. The molecule has 0 bridgehead atoms. The van der Waals surface area contributed by atoms with Gasteiger partial charge in [-0.25, -0.2) is 0 Å². The van der Waals surface area contributed by atoms with Gasteiger partial charge >= 0.3 is 0 Å². The van der Waals surface area contributed by atoms with Crippen LogP contribution in [0.4, 0.5) is 0 Å². The fourth-order valence-electron chi connectivity index (χ4n) is 14.2. The van der Waals surface area contributed by atoms with Gasteiger partial charge in [-0.05, 0) is 81.1 Å². The number of aliphatic hydroxyl groups is 13. The maximum atomic E-state index is 11.6. The van der Waals surface area contributed by atoms with Crippen molar-refractivity contribution in [1.82, 2.24) is 0 Å². The zero-order valence-corrected chi connectivity index (χ0v) is 41.3. The lowest BCUT2D eigenvalue weighted by atomic mass is 9.46. The van der Waals surface area contributed by atoms with Crippen molar-refractivity contribution in [3.63, 3.8) is 0 Å². The van der Waals surface area contributed by atoms with E-state index in [1.807, 2.05) is 0 Å². The predicted molar refractivity (Wildman–Crippen MR) is 244 cm³/mol. The first-order valence-corrected chi connectivity index (χ1v) is 25.7. The Morgan fingerprint density at radius 2 is 1.36 bits per heavy atom. The normalized spacial score (nSPS) is 52.4. The lowest BCUT2D eigenvalue weighted by molar-refractivity contribution is -0.381. The third-order valence-corrected chi connectivity index (χ3v) is 18.3. The van der Waals surface area contributed by atoms with E-state index in [1.165, 1.54) is 12.5 Å². The second-order valence-corrected chi connectivity index (χ2v) is 22.5. The third-order valence-electron chi connectivity index (χ3n) is 18.3. The first-order valence-electron chi connectivity index (χ1n) is 25.7. The minimum absolute atomic E-state index is 0.0179. The molecule has 0 aromatic heterocycles. The SMILES string of the molecule is C=C(CCC1=C(C)[C@H]2[C@H](C[C@H]3[C@@H]4CC=C5C[C@@H](O)C[C@@H](O[C@@H]6OC[C@H](O)[C@H](O)[C@H]6O[C@@H]6O[C@@H](C)[C@H](O)[C@@H](O[C@@H]7O[C@H](CO)[C@@H](O)[C@H](O)[C@H]7O)[C@H]6O)[C@]5(C)[C@H]4CC[C@@]32C)O1)CO[C@@H]1O[C@H](CO)[C@@H](O)[C@H](O)[C@H]1O. The monoisotopic (exact) mass is 1030 g/mol. The molecule has 3 saturated carbocycles. The highest BCUT2D eigenvalue weighted by atomic mass is 16.8. The van der Waals surface area contributed by atoms with Gasteiger partial charge in [0.05, 0.1) is 50.5 Å². The fourth-order valence-corrected chi connectivity index (χ4v) is 14.2. The van der Waals surface area contributed by atoms with E-state index in [4.69, 9.17) is 42.6 Å². The molecule has 9 aliphatic rings. The van der Waals surface area contributed by atoms with Gasteiger partial charge < -0.3 is 109 Å². The molecule has 0 aromatic carbocycles. The van der Waals surface area contributed by atoms with Crippen molar-refractivity contribution in [2.24, 2.45) is 34.5 Å². The Morgan fingerprint density at radius 3 is 2.04 bits per heavy atom. The molecule has 5 aliphatic heterocycles. The zero-order chi connectivity index (χ0) is 51.9. The highest BCUT2D eigenvalue weighted by Crippen LogP contribution is 2.69. The number of rotatable bonds is 14. The molecule has 5 heterocycles. The molecule has 4 aliphatic carbocycles. The van der Waals surface area contributed by atoms with Crippen LogP contribution >= 0.6 is 0 Å².